The molecule has 3 rings (SSSR count). The van der Waals surface area contributed by atoms with E-state index >= 15 is 0 Å². The summed E-state index contributed by atoms with van der Waals surface area (Å²) in [6.45, 7) is 7.64. The molecule has 1 N–H and O–H groups in total. The maximum atomic E-state index is 4.89. The molecule has 18 heavy (non-hydrogen) atoms. The van der Waals surface area contributed by atoms with Crippen LogP contribution >= 0.6 is 11.3 Å². The van der Waals surface area contributed by atoms with Crippen molar-refractivity contribution < 1.29 is 0 Å². The molecule has 0 amide bonds. The molecule has 1 aromatic rings. The normalized spacial score (nSPS) is 26.2. The molecule has 1 aliphatic heterocycles. The molecule has 1 aromatic heterocycles. The van der Waals surface area contributed by atoms with E-state index in [2.05, 4.69) is 24.1 Å². The summed E-state index contributed by atoms with van der Waals surface area (Å²) in [5.41, 5.74) is 1.30. The Kier molecular flexibility index (Phi) is 3.57. The van der Waals surface area contributed by atoms with E-state index in [0.717, 1.165) is 31.5 Å². The van der Waals surface area contributed by atoms with Crippen molar-refractivity contribution in [3.8, 4) is 0 Å². The molecule has 2 heterocycles. The topological polar surface area (TPSA) is 28.2 Å². The molecule has 2 atom stereocenters. The number of thiazole rings is 1. The molecule has 3 nitrogen and oxygen atoms in total. The fourth-order valence-corrected chi connectivity index (χ4v) is 4.50. The molecule has 2 bridgehead atoms. The van der Waals surface area contributed by atoms with E-state index in [9.17, 15) is 0 Å². The third-order valence-corrected chi connectivity index (χ3v) is 5.43. The van der Waals surface area contributed by atoms with Crippen LogP contribution in [0.15, 0.2) is 0 Å². The van der Waals surface area contributed by atoms with Crippen molar-refractivity contribution >= 4 is 16.5 Å². The van der Waals surface area contributed by atoms with Crippen LogP contribution in [0.1, 0.15) is 43.7 Å². The highest BCUT2D eigenvalue weighted by Crippen LogP contribution is 2.42. The largest absolute Gasteiger partial charge is 0.345 e. The van der Waals surface area contributed by atoms with Crippen LogP contribution in [0.2, 0.25) is 0 Å². The van der Waals surface area contributed by atoms with Gasteiger partial charge in [0.15, 0.2) is 5.13 Å². The number of rotatable bonds is 5. The van der Waals surface area contributed by atoms with Gasteiger partial charge in [0.2, 0.25) is 0 Å². The van der Waals surface area contributed by atoms with Crippen LogP contribution in [-0.4, -0.2) is 24.1 Å². The van der Waals surface area contributed by atoms with Crippen LogP contribution in [-0.2, 0) is 13.0 Å². The lowest BCUT2D eigenvalue weighted by Gasteiger charge is -2.26. The fraction of sp³-hybridized carbons (Fsp3) is 0.786. The maximum absolute atomic E-state index is 4.89. The van der Waals surface area contributed by atoms with Gasteiger partial charge in [-0.2, -0.15) is 0 Å². The van der Waals surface area contributed by atoms with Gasteiger partial charge >= 0.3 is 0 Å². The van der Waals surface area contributed by atoms with Gasteiger partial charge < -0.3 is 10.2 Å². The Labute approximate surface area is 114 Å². The van der Waals surface area contributed by atoms with Crippen LogP contribution in [0.3, 0.4) is 0 Å². The van der Waals surface area contributed by atoms with Crippen molar-refractivity contribution in [3.63, 3.8) is 0 Å². The number of hydrogen-bond donors (Lipinski definition) is 1. The molecule has 1 saturated heterocycles. The summed E-state index contributed by atoms with van der Waals surface area (Å²) in [4.78, 5) is 8.91. The average molecular weight is 265 g/mol. The Morgan fingerprint density at radius 2 is 2.28 bits per heavy atom. The number of aryl methyl sites for hydroxylation is 1. The van der Waals surface area contributed by atoms with Crippen molar-refractivity contribution in [3.05, 3.63) is 10.6 Å². The summed E-state index contributed by atoms with van der Waals surface area (Å²) >= 11 is 1.91. The lowest BCUT2D eigenvalue weighted by Crippen LogP contribution is -2.31. The Morgan fingerprint density at radius 3 is 2.89 bits per heavy atom. The van der Waals surface area contributed by atoms with Gasteiger partial charge in [0.25, 0.3) is 0 Å². The number of hydrogen-bond acceptors (Lipinski definition) is 4. The summed E-state index contributed by atoms with van der Waals surface area (Å²) in [5, 5.41) is 4.71. The minimum absolute atomic E-state index is 0.790. The number of nitrogens with one attached hydrogen (secondary N) is 1. The molecule has 0 aromatic carbocycles. The molecule has 1 saturated carbocycles. The summed E-state index contributed by atoms with van der Waals surface area (Å²) < 4.78 is 0. The highest BCUT2D eigenvalue weighted by molar-refractivity contribution is 7.15. The number of anilines is 1. The zero-order chi connectivity index (χ0) is 12.5. The first-order chi connectivity index (χ1) is 8.81. The number of nitrogens with zero attached hydrogens (tertiary/aromatic N) is 2. The monoisotopic (exact) mass is 265 g/mol. The van der Waals surface area contributed by atoms with Crippen molar-refractivity contribution in [2.24, 2.45) is 5.92 Å². The van der Waals surface area contributed by atoms with Crippen LogP contribution in [0, 0.1) is 5.92 Å². The highest BCUT2D eigenvalue weighted by atomic mass is 32.1. The highest BCUT2D eigenvalue weighted by Gasteiger charge is 2.39. The van der Waals surface area contributed by atoms with E-state index in [1.165, 1.54) is 41.5 Å². The lowest BCUT2D eigenvalue weighted by molar-refractivity contribution is 0.552. The average Bonchev–Trinajstić information content (AvgIpc) is 3.09. The molecule has 0 spiro atoms. The van der Waals surface area contributed by atoms with E-state index in [-0.39, 0.29) is 0 Å². The molecule has 0 radical (unpaired) electrons. The lowest BCUT2D eigenvalue weighted by atomic mass is 10.1. The summed E-state index contributed by atoms with van der Waals surface area (Å²) in [5.74, 6) is 0.946. The number of aromatic nitrogens is 1. The van der Waals surface area contributed by atoms with Crippen LogP contribution in [0.25, 0.3) is 0 Å². The fourth-order valence-electron chi connectivity index (χ4n) is 3.30. The first kappa shape index (κ1) is 12.4. The zero-order valence-corrected chi connectivity index (χ0v) is 12.2. The summed E-state index contributed by atoms with van der Waals surface area (Å²) in [7, 11) is 0. The van der Waals surface area contributed by atoms with Crippen molar-refractivity contribution in [1.29, 1.82) is 0 Å². The molecule has 1 aliphatic carbocycles. The van der Waals surface area contributed by atoms with Crippen molar-refractivity contribution in [2.45, 2.75) is 52.1 Å². The Bertz CT molecular complexity index is 415. The maximum Gasteiger partial charge on any atom is 0.186 e. The second-order valence-corrected chi connectivity index (χ2v) is 6.55. The van der Waals surface area contributed by atoms with E-state index in [4.69, 9.17) is 4.98 Å². The standard InChI is InChI=1S/C14H23N3S/c1-3-12-13(8-15-4-2)18-14(16-12)17-9-10-5-6-11(17)7-10/h10-11,15H,3-9H2,1-2H3. The smallest absolute Gasteiger partial charge is 0.186 e. The van der Waals surface area contributed by atoms with Crippen molar-refractivity contribution in [2.75, 3.05) is 18.0 Å². The predicted molar refractivity (Wildman–Crippen MR) is 77.3 cm³/mol. The quantitative estimate of drug-likeness (QED) is 0.887. The first-order valence-corrected chi connectivity index (χ1v) is 8.09. The summed E-state index contributed by atoms with van der Waals surface area (Å²) in [6, 6.07) is 0.790. The minimum atomic E-state index is 0.790. The first-order valence-electron chi connectivity index (χ1n) is 7.27. The van der Waals surface area contributed by atoms with E-state index in [1.54, 1.807) is 0 Å². The van der Waals surface area contributed by atoms with Crippen LogP contribution in [0.5, 0.6) is 0 Å². The van der Waals surface area contributed by atoms with Gasteiger partial charge in [0, 0.05) is 24.0 Å². The Hall–Kier alpha value is -0.610. The Morgan fingerprint density at radius 1 is 1.39 bits per heavy atom. The van der Waals surface area contributed by atoms with Gasteiger partial charge in [-0.15, -0.1) is 11.3 Å². The van der Waals surface area contributed by atoms with Gasteiger partial charge in [-0.1, -0.05) is 13.8 Å². The molecule has 2 aliphatic rings. The number of fused-ring (bicyclic) bond motifs is 2. The van der Waals surface area contributed by atoms with Crippen LogP contribution < -0.4 is 10.2 Å². The minimum Gasteiger partial charge on any atom is -0.345 e. The van der Waals surface area contributed by atoms with Gasteiger partial charge in [-0.3, -0.25) is 0 Å². The van der Waals surface area contributed by atoms with Crippen molar-refractivity contribution in [1.82, 2.24) is 10.3 Å². The molecule has 2 unspecified atom stereocenters. The number of piperidine rings is 1. The van der Waals surface area contributed by atoms with E-state index in [0.29, 0.717) is 0 Å². The van der Waals surface area contributed by atoms with Gasteiger partial charge in [0.1, 0.15) is 0 Å². The molecule has 4 heteroatoms. The second kappa shape index (κ2) is 5.17. The SMILES string of the molecule is CCNCc1sc(N2CC3CCC2C3)nc1CC. The second-order valence-electron chi connectivity index (χ2n) is 5.49. The van der Waals surface area contributed by atoms with E-state index in [1.807, 2.05) is 11.3 Å². The van der Waals surface area contributed by atoms with Gasteiger partial charge in [0.05, 0.1) is 5.69 Å². The predicted octanol–water partition coefficient (Wildman–Crippen LogP) is 2.80. The zero-order valence-electron chi connectivity index (χ0n) is 11.4. The molecular weight excluding hydrogens is 242 g/mol. The third-order valence-electron chi connectivity index (χ3n) is 4.29. The Balaban J connectivity index is 1.78. The van der Waals surface area contributed by atoms with Crippen LogP contribution in [0.4, 0.5) is 5.13 Å². The third kappa shape index (κ3) is 2.16. The molecular formula is C14H23N3S. The van der Waals surface area contributed by atoms with Gasteiger partial charge in [-0.05, 0) is 38.1 Å². The summed E-state index contributed by atoms with van der Waals surface area (Å²) in [6.07, 6.45) is 5.29. The molecule has 100 valence electrons. The molecule has 2 fully saturated rings. The van der Waals surface area contributed by atoms with Gasteiger partial charge in [-0.25, -0.2) is 4.98 Å². The van der Waals surface area contributed by atoms with E-state index < -0.39 is 0 Å².